The second-order valence-corrected chi connectivity index (χ2v) is 6.23. The minimum atomic E-state index is 0.190. The molecule has 0 unspecified atom stereocenters. The van der Waals surface area contributed by atoms with Crippen molar-refractivity contribution in [2.45, 2.75) is 13.8 Å². The quantitative estimate of drug-likeness (QED) is 0.752. The molecule has 1 aliphatic rings. The fourth-order valence-electron chi connectivity index (χ4n) is 2.30. The number of Topliss-reactive ketones (excluding diaryl/α,β-unsaturated/α-hetero) is 1. The molecular formula is C17H26N2O2. The summed E-state index contributed by atoms with van der Waals surface area (Å²) in [6.45, 7) is 9.47. The number of ether oxygens (including phenoxy) is 1. The van der Waals surface area contributed by atoms with Gasteiger partial charge in [0.25, 0.3) is 0 Å². The molecule has 0 bridgehead atoms. The standard InChI is InChI=1S/C17H26N2O2/c1-14(2)13-21-16-6-4-15(5-7-16)17(20)12-19-10-8-18(3)9-11-19/h4-7,14H,8-13H2,1-3H3. The lowest BCUT2D eigenvalue weighted by Gasteiger charge is -2.31. The Morgan fingerprint density at radius 3 is 2.33 bits per heavy atom. The van der Waals surface area contributed by atoms with E-state index in [1.54, 1.807) is 0 Å². The van der Waals surface area contributed by atoms with Crippen LogP contribution in [0.25, 0.3) is 0 Å². The molecule has 1 heterocycles. The average Bonchev–Trinajstić information content (AvgIpc) is 2.48. The third kappa shape index (κ3) is 5.14. The molecule has 116 valence electrons. The van der Waals surface area contributed by atoms with Crippen molar-refractivity contribution in [1.29, 1.82) is 0 Å². The van der Waals surface area contributed by atoms with Gasteiger partial charge in [-0.25, -0.2) is 0 Å². The number of likely N-dealkylation sites (N-methyl/N-ethyl adjacent to an activating group) is 1. The number of carbonyl (C=O) groups is 1. The molecule has 0 spiro atoms. The molecule has 1 fully saturated rings. The molecule has 1 saturated heterocycles. The van der Waals surface area contributed by atoms with E-state index in [9.17, 15) is 4.79 Å². The van der Waals surface area contributed by atoms with Crippen molar-refractivity contribution in [1.82, 2.24) is 9.80 Å². The van der Waals surface area contributed by atoms with Gasteiger partial charge in [-0.3, -0.25) is 9.69 Å². The highest BCUT2D eigenvalue weighted by Gasteiger charge is 2.17. The first kappa shape index (κ1) is 16.0. The van der Waals surface area contributed by atoms with Crippen molar-refractivity contribution in [2.24, 2.45) is 5.92 Å². The first-order chi connectivity index (χ1) is 10.0. The number of hydrogen-bond acceptors (Lipinski definition) is 4. The van der Waals surface area contributed by atoms with Gasteiger partial charge in [-0.2, -0.15) is 0 Å². The van der Waals surface area contributed by atoms with Gasteiger partial charge in [0, 0.05) is 31.7 Å². The van der Waals surface area contributed by atoms with Crippen LogP contribution in [0.4, 0.5) is 0 Å². The molecule has 1 aromatic carbocycles. The summed E-state index contributed by atoms with van der Waals surface area (Å²) in [6, 6.07) is 7.52. The summed E-state index contributed by atoms with van der Waals surface area (Å²) in [5, 5.41) is 0. The molecule has 0 atom stereocenters. The van der Waals surface area contributed by atoms with Gasteiger partial charge in [-0.15, -0.1) is 0 Å². The van der Waals surface area contributed by atoms with E-state index in [-0.39, 0.29) is 5.78 Å². The summed E-state index contributed by atoms with van der Waals surface area (Å²) in [6.07, 6.45) is 0. The monoisotopic (exact) mass is 290 g/mol. The Kier molecular flexibility index (Phi) is 5.76. The second kappa shape index (κ2) is 7.57. The van der Waals surface area contributed by atoms with Gasteiger partial charge >= 0.3 is 0 Å². The van der Waals surface area contributed by atoms with E-state index >= 15 is 0 Å². The predicted octanol–water partition coefficient (Wildman–Crippen LogP) is 2.15. The fraction of sp³-hybridized carbons (Fsp3) is 0.588. The molecule has 0 aromatic heterocycles. The highest BCUT2D eigenvalue weighted by atomic mass is 16.5. The van der Waals surface area contributed by atoms with Crippen molar-refractivity contribution in [3.63, 3.8) is 0 Å². The van der Waals surface area contributed by atoms with Crippen LogP contribution in [0.5, 0.6) is 5.75 Å². The zero-order valence-corrected chi connectivity index (χ0v) is 13.3. The van der Waals surface area contributed by atoms with E-state index in [1.165, 1.54) is 0 Å². The van der Waals surface area contributed by atoms with Gasteiger partial charge in [0.2, 0.25) is 0 Å². The van der Waals surface area contributed by atoms with Crippen LogP contribution in [0.15, 0.2) is 24.3 Å². The van der Waals surface area contributed by atoms with Crippen LogP contribution >= 0.6 is 0 Å². The SMILES string of the molecule is CC(C)COc1ccc(C(=O)CN2CCN(C)CC2)cc1. The molecule has 0 saturated carbocycles. The van der Waals surface area contributed by atoms with E-state index in [2.05, 4.69) is 30.7 Å². The van der Waals surface area contributed by atoms with Gasteiger partial charge in [0.1, 0.15) is 5.75 Å². The molecular weight excluding hydrogens is 264 g/mol. The lowest BCUT2D eigenvalue weighted by atomic mass is 10.1. The van der Waals surface area contributed by atoms with E-state index < -0.39 is 0 Å². The Balaban J connectivity index is 1.85. The summed E-state index contributed by atoms with van der Waals surface area (Å²) in [4.78, 5) is 16.8. The van der Waals surface area contributed by atoms with Crippen molar-refractivity contribution >= 4 is 5.78 Å². The molecule has 4 heteroatoms. The highest BCUT2D eigenvalue weighted by molar-refractivity contribution is 5.97. The number of ketones is 1. The van der Waals surface area contributed by atoms with Crippen molar-refractivity contribution < 1.29 is 9.53 Å². The van der Waals surface area contributed by atoms with E-state index in [0.717, 1.165) is 37.5 Å². The molecule has 1 aromatic rings. The van der Waals surface area contributed by atoms with Gasteiger partial charge in [0.15, 0.2) is 5.78 Å². The van der Waals surface area contributed by atoms with E-state index in [1.807, 2.05) is 24.3 Å². The number of hydrogen-bond donors (Lipinski definition) is 0. The third-order valence-corrected chi connectivity index (χ3v) is 3.72. The number of benzene rings is 1. The van der Waals surface area contributed by atoms with Gasteiger partial charge in [-0.1, -0.05) is 13.8 Å². The summed E-state index contributed by atoms with van der Waals surface area (Å²) in [5.74, 6) is 1.53. The molecule has 2 rings (SSSR count). The summed E-state index contributed by atoms with van der Waals surface area (Å²) in [5.41, 5.74) is 0.769. The molecule has 21 heavy (non-hydrogen) atoms. The Morgan fingerprint density at radius 1 is 1.14 bits per heavy atom. The number of nitrogens with zero attached hydrogens (tertiary/aromatic N) is 2. The topological polar surface area (TPSA) is 32.8 Å². The largest absolute Gasteiger partial charge is 0.493 e. The Labute approximate surface area is 127 Å². The second-order valence-electron chi connectivity index (χ2n) is 6.23. The summed E-state index contributed by atoms with van der Waals surface area (Å²) >= 11 is 0. The molecule has 4 nitrogen and oxygen atoms in total. The van der Waals surface area contributed by atoms with Gasteiger partial charge < -0.3 is 9.64 Å². The fourth-order valence-corrected chi connectivity index (χ4v) is 2.30. The Morgan fingerprint density at radius 2 is 1.76 bits per heavy atom. The van der Waals surface area contributed by atoms with Crippen LogP contribution in [-0.4, -0.2) is 62.0 Å². The zero-order chi connectivity index (χ0) is 15.2. The molecule has 0 aliphatic carbocycles. The maximum absolute atomic E-state index is 12.3. The summed E-state index contributed by atoms with van der Waals surface area (Å²) < 4.78 is 5.64. The zero-order valence-electron chi connectivity index (χ0n) is 13.3. The lowest BCUT2D eigenvalue weighted by Crippen LogP contribution is -2.46. The van der Waals surface area contributed by atoms with Crippen LogP contribution < -0.4 is 4.74 Å². The highest BCUT2D eigenvalue weighted by Crippen LogP contribution is 2.14. The molecule has 1 aliphatic heterocycles. The first-order valence-corrected chi connectivity index (χ1v) is 7.71. The minimum Gasteiger partial charge on any atom is -0.493 e. The predicted molar refractivity (Wildman–Crippen MR) is 85.0 cm³/mol. The van der Waals surface area contributed by atoms with E-state index in [4.69, 9.17) is 4.74 Å². The normalized spacial score (nSPS) is 17.1. The number of piperazine rings is 1. The van der Waals surface area contributed by atoms with Crippen molar-refractivity contribution in [2.75, 3.05) is 46.4 Å². The van der Waals surface area contributed by atoms with Gasteiger partial charge in [-0.05, 0) is 37.2 Å². The Hall–Kier alpha value is -1.39. The molecule has 0 amide bonds. The maximum Gasteiger partial charge on any atom is 0.176 e. The van der Waals surface area contributed by atoms with Crippen molar-refractivity contribution in [3.8, 4) is 5.75 Å². The minimum absolute atomic E-state index is 0.190. The first-order valence-electron chi connectivity index (χ1n) is 7.71. The van der Waals surface area contributed by atoms with E-state index in [0.29, 0.717) is 19.1 Å². The Bertz CT molecular complexity index is 448. The van der Waals surface area contributed by atoms with Crippen molar-refractivity contribution in [3.05, 3.63) is 29.8 Å². The van der Waals surface area contributed by atoms with Crippen LogP contribution in [0, 0.1) is 5.92 Å². The average molecular weight is 290 g/mol. The summed E-state index contributed by atoms with van der Waals surface area (Å²) in [7, 11) is 2.12. The third-order valence-electron chi connectivity index (χ3n) is 3.72. The van der Waals surface area contributed by atoms with Gasteiger partial charge in [0.05, 0.1) is 13.2 Å². The molecule has 0 N–H and O–H groups in total. The molecule has 0 radical (unpaired) electrons. The van der Waals surface area contributed by atoms with Crippen LogP contribution in [0.1, 0.15) is 24.2 Å². The lowest BCUT2D eigenvalue weighted by molar-refractivity contribution is 0.0876. The maximum atomic E-state index is 12.3. The van der Waals surface area contributed by atoms with Crippen LogP contribution in [0.2, 0.25) is 0 Å². The smallest absolute Gasteiger partial charge is 0.176 e. The van der Waals surface area contributed by atoms with Crippen LogP contribution in [0.3, 0.4) is 0 Å². The van der Waals surface area contributed by atoms with Crippen LogP contribution in [-0.2, 0) is 0 Å². The number of carbonyl (C=O) groups excluding carboxylic acids is 1. The number of rotatable bonds is 6.